The number of hydrogen-bond donors (Lipinski definition) is 1. The molecular weight excluding hydrogens is 328 g/mol. The van der Waals surface area contributed by atoms with E-state index in [0.29, 0.717) is 17.3 Å². The number of nitrogens with one attached hydrogen (secondary N) is 1. The molecule has 0 spiro atoms. The van der Waals surface area contributed by atoms with E-state index in [1.165, 1.54) is 0 Å². The minimum atomic E-state index is -0.495. The predicted octanol–water partition coefficient (Wildman–Crippen LogP) is 2.83. The Labute approximate surface area is 125 Å². The van der Waals surface area contributed by atoms with Gasteiger partial charge in [-0.05, 0) is 30.7 Å². The van der Waals surface area contributed by atoms with Gasteiger partial charge in [-0.2, -0.15) is 0 Å². The van der Waals surface area contributed by atoms with Crippen LogP contribution in [0.25, 0.3) is 0 Å². The lowest BCUT2D eigenvalue weighted by molar-refractivity contribution is -0.126. The van der Waals surface area contributed by atoms with E-state index in [-0.39, 0.29) is 5.91 Å². The highest BCUT2D eigenvalue weighted by molar-refractivity contribution is 9.10. The number of halogens is 1. The van der Waals surface area contributed by atoms with Crippen LogP contribution in [-0.2, 0) is 4.79 Å². The molecule has 1 aliphatic heterocycles. The van der Waals surface area contributed by atoms with Gasteiger partial charge in [-0.3, -0.25) is 9.79 Å². The lowest BCUT2D eigenvalue weighted by atomic mass is 10.2. The van der Waals surface area contributed by atoms with Gasteiger partial charge < -0.3 is 10.1 Å². The molecule has 2 rings (SSSR count). The van der Waals surface area contributed by atoms with Crippen molar-refractivity contribution in [3.8, 4) is 5.75 Å². The van der Waals surface area contributed by atoms with E-state index in [1.807, 2.05) is 31.2 Å². The van der Waals surface area contributed by atoms with Crippen molar-refractivity contribution in [3.63, 3.8) is 0 Å². The second-order valence-corrected chi connectivity index (χ2v) is 5.99. The SMILES string of the molecule is CCC(Oc1ccc(Br)cc1)C(=O)NC1=NCCS1. The molecule has 0 fully saturated rings. The highest BCUT2D eigenvalue weighted by atomic mass is 79.9. The molecule has 0 aliphatic carbocycles. The summed E-state index contributed by atoms with van der Waals surface area (Å²) in [6.07, 6.45) is 0.116. The minimum absolute atomic E-state index is 0.140. The average molecular weight is 343 g/mol. The lowest BCUT2D eigenvalue weighted by Gasteiger charge is -2.17. The Hall–Kier alpha value is -1.01. The smallest absolute Gasteiger partial charge is 0.266 e. The number of amidine groups is 1. The molecule has 0 bridgehead atoms. The van der Waals surface area contributed by atoms with Crippen LogP contribution in [0.1, 0.15) is 13.3 Å². The van der Waals surface area contributed by atoms with E-state index in [2.05, 4.69) is 26.2 Å². The second kappa shape index (κ2) is 6.96. The van der Waals surface area contributed by atoms with E-state index >= 15 is 0 Å². The van der Waals surface area contributed by atoms with E-state index in [1.54, 1.807) is 11.8 Å². The third kappa shape index (κ3) is 4.24. The summed E-state index contributed by atoms with van der Waals surface area (Å²) in [5.41, 5.74) is 0. The molecule has 4 nitrogen and oxygen atoms in total. The number of nitrogens with zero attached hydrogens (tertiary/aromatic N) is 1. The normalized spacial score (nSPS) is 15.8. The highest BCUT2D eigenvalue weighted by Gasteiger charge is 2.21. The van der Waals surface area contributed by atoms with Crippen LogP contribution in [0.3, 0.4) is 0 Å². The van der Waals surface area contributed by atoms with Crippen molar-refractivity contribution >= 4 is 38.8 Å². The van der Waals surface area contributed by atoms with Gasteiger partial charge in [0.05, 0.1) is 6.54 Å². The van der Waals surface area contributed by atoms with Crippen molar-refractivity contribution in [2.45, 2.75) is 19.4 Å². The molecule has 6 heteroatoms. The third-order valence-electron chi connectivity index (χ3n) is 2.57. The first-order valence-corrected chi connectivity index (χ1v) is 7.87. The molecule has 19 heavy (non-hydrogen) atoms. The molecule has 1 aromatic carbocycles. The van der Waals surface area contributed by atoms with Crippen molar-refractivity contribution in [2.75, 3.05) is 12.3 Å². The maximum Gasteiger partial charge on any atom is 0.266 e. The van der Waals surface area contributed by atoms with Crippen LogP contribution in [0.2, 0.25) is 0 Å². The maximum atomic E-state index is 12.1. The molecule has 1 atom stereocenters. The average Bonchev–Trinajstić information content (AvgIpc) is 2.90. The molecule has 1 N–H and O–H groups in total. The summed E-state index contributed by atoms with van der Waals surface area (Å²) in [4.78, 5) is 16.3. The molecule has 0 saturated heterocycles. The highest BCUT2D eigenvalue weighted by Crippen LogP contribution is 2.18. The van der Waals surface area contributed by atoms with Gasteiger partial charge in [0.1, 0.15) is 5.75 Å². The second-order valence-electron chi connectivity index (χ2n) is 3.99. The first-order valence-electron chi connectivity index (χ1n) is 6.09. The summed E-state index contributed by atoms with van der Waals surface area (Å²) >= 11 is 4.93. The molecule has 0 saturated carbocycles. The fraction of sp³-hybridized carbons (Fsp3) is 0.385. The zero-order valence-electron chi connectivity index (χ0n) is 10.6. The number of hydrogen-bond acceptors (Lipinski definition) is 4. The molecule has 102 valence electrons. The van der Waals surface area contributed by atoms with Crippen LogP contribution in [0.4, 0.5) is 0 Å². The van der Waals surface area contributed by atoms with Crippen molar-refractivity contribution in [1.29, 1.82) is 0 Å². The monoisotopic (exact) mass is 342 g/mol. The number of ether oxygens (including phenoxy) is 1. The number of carbonyl (C=O) groups is 1. The molecule has 1 unspecified atom stereocenters. The number of amides is 1. The minimum Gasteiger partial charge on any atom is -0.481 e. The van der Waals surface area contributed by atoms with Crippen molar-refractivity contribution < 1.29 is 9.53 Å². The third-order valence-corrected chi connectivity index (χ3v) is 3.99. The number of rotatable bonds is 4. The summed E-state index contributed by atoms with van der Waals surface area (Å²) in [6.45, 7) is 2.69. The number of thioether (sulfide) groups is 1. The summed E-state index contributed by atoms with van der Waals surface area (Å²) < 4.78 is 6.67. The summed E-state index contributed by atoms with van der Waals surface area (Å²) in [5, 5.41) is 3.50. The summed E-state index contributed by atoms with van der Waals surface area (Å²) in [5.74, 6) is 1.48. The van der Waals surface area contributed by atoms with Gasteiger partial charge in [-0.15, -0.1) is 0 Å². The molecule has 1 aliphatic rings. The zero-order chi connectivity index (χ0) is 13.7. The van der Waals surface area contributed by atoms with Gasteiger partial charge in [0.15, 0.2) is 11.3 Å². The van der Waals surface area contributed by atoms with E-state index in [9.17, 15) is 4.79 Å². The molecular formula is C13H15BrN2O2S. The molecule has 0 aromatic heterocycles. The fourth-order valence-corrected chi connectivity index (χ4v) is 2.59. The van der Waals surface area contributed by atoms with E-state index in [4.69, 9.17) is 4.74 Å². The summed E-state index contributed by atoms with van der Waals surface area (Å²) in [7, 11) is 0. The molecule has 1 aromatic rings. The van der Waals surface area contributed by atoms with Crippen LogP contribution in [0.15, 0.2) is 33.7 Å². The zero-order valence-corrected chi connectivity index (χ0v) is 13.0. The molecule has 0 radical (unpaired) electrons. The number of benzene rings is 1. The van der Waals surface area contributed by atoms with Gasteiger partial charge in [-0.25, -0.2) is 0 Å². The molecule has 1 heterocycles. The fourth-order valence-electron chi connectivity index (χ4n) is 1.60. The maximum absolute atomic E-state index is 12.1. The van der Waals surface area contributed by atoms with Gasteiger partial charge in [0, 0.05) is 10.2 Å². The number of carbonyl (C=O) groups excluding carboxylic acids is 1. The van der Waals surface area contributed by atoms with Gasteiger partial charge >= 0.3 is 0 Å². The Kier molecular flexibility index (Phi) is 5.27. The Morgan fingerprint density at radius 1 is 1.53 bits per heavy atom. The Balaban J connectivity index is 1.95. The Bertz CT molecular complexity index is 476. The topological polar surface area (TPSA) is 50.7 Å². The predicted molar refractivity (Wildman–Crippen MR) is 81.8 cm³/mol. The van der Waals surface area contributed by atoms with Crippen LogP contribution in [0, 0.1) is 0 Å². The number of aliphatic imine (C=N–C) groups is 1. The standard InChI is InChI=1S/C13H15BrN2O2S/c1-2-11(12(17)16-13-15-7-8-19-13)18-10-5-3-9(14)4-6-10/h3-6,11H,2,7-8H2,1H3,(H,15,16,17). The van der Waals surface area contributed by atoms with E-state index < -0.39 is 6.10 Å². The first-order chi connectivity index (χ1) is 9.19. The van der Waals surface area contributed by atoms with Crippen LogP contribution in [-0.4, -0.2) is 29.5 Å². The van der Waals surface area contributed by atoms with Crippen LogP contribution < -0.4 is 10.1 Å². The van der Waals surface area contributed by atoms with Crippen LogP contribution >= 0.6 is 27.7 Å². The van der Waals surface area contributed by atoms with Gasteiger partial charge in [-0.1, -0.05) is 34.6 Å². The van der Waals surface area contributed by atoms with Gasteiger partial charge in [0.2, 0.25) is 0 Å². The van der Waals surface area contributed by atoms with Gasteiger partial charge in [0.25, 0.3) is 5.91 Å². The van der Waals surface area contributed by atoms with Crippen molar-refractivity contribution in [1.82, 2.24) is 5.32 Å². The summed E-state index contributed by atoms with van der Waals surface area (Å²) in [6, 6.07) is 7.44. The van der Waals surface area contributed by atoms with Crippen molar-refractivity contribution in [2.24, 2.45) is 4.99 Å². The van der Waals surface area contributed by atoms with E-state index in [0.717, 1.165) is 16.8 Å². The Morgan fingerprint density at radius 2 is 2.26 bits per heavy atom. The first kappa shape index (κ1) is 14.4. The van der Waals surface area contributed by atoms with Crippen molar-refractivity contribution in [3.05, 3.63) is 28.7 Å². The lowest BCUT2D eigenvalue weighted by Crippen LogP contribution is -2.39. The quantitative estimate of drug-likeness (QED) is 0.915. The Morgan fingerprint density at radius 3 is 2.84 bits per heavy atom. The molecule has 1 amide bonds. The van der Waals surface area contributed by atoms with Crippen LogP contribution in [0.5, 0.6) is 5.75 Å². The largest absolute Gasteiger partial charge is 0.481 e.